The molecule has 0 N–H and O–H groups in total. The lowest BCUT2D eigenvalue weighted by Crippen LogP contribution is -2.04. The average Bonchev–Trinajstić information content (AvgIpc) is 2.46. The maximum absolute atomic E-state index is 11.3. The number of benzene rings is 2. The van der Waals surface area contributed by atoms with Gasteiger partial charge >= 0.3 is 0 Å². The second-order valence-corrected chi connectivity index (χ2v) is 6.50. The van der Waals surface area contributed by atoms with Crippen molar-refractivity contribution in [2.45, 2.75) is 13.3 Å². The molecule has 0 heterocycles. The molecule has 0 fully saturated rings. The van der Waals surface area contributed by atoms with Crippen LogP contribution in [0.2, 0.25) is 20.1 Å². The van der Waals surface area contributed by atoms with Crippen LogP contribution < -0.4 is 0 Å². The fourth-order valence-electron chi connectivity index (χ4n) is 2.23. The Hall–Kier alpha value is -1.60. The van der Waals surface area contributed by atoms with Crippen molar-refractivity contribution in [3.05, 3.63) is 75.2 Å². The normalized spacial score (nSPS) is 10.7. The molecule has 0 aliphatic rings. The molecule has 2 aromatic carbocycles. The number of hydrogen-bond acceptors (Lipinski definition) is 4. The molecule has 0 bridgehead atoms. The Morgan fingerprint density at radius 1 is 0.875 bits per heavy atom. The minimum atomic E-state index is -0.769. The van der Waals surface area contributed by atoms with E-state index in [-0.39, 0.29) is 32.6 Å². The van der Waals surface area contributed by atoms with Crippen LogP contribution in [-0.2, 0) is 6.42 Å². The number of rotatable bonds is 4. The fourth-order valence-corrected chi connectivity index (χ4v) is 3.42. The molecule has 0 spiro atoms. The van der Waals surface area contributed by atoms with Crippen LogP contribution in [0.4, 0.5) is 11.4 Å². The van der Waals surface area contributed by atoms with Gasteiger partial charge in [0.2, 0.25) is 0 Å². The summed E-state index contributed by atoms with van der Waals surface area (Å²) in [5, 5.41) is 23.0. The van der Waals surface area contributed by atoms with Gasteiger partial charge in [-0.05, 0) is 30.2 Å². The highest BCUT2D eigenvalue weighted by Crippen LogP contribution is 2.39. The molecule has 0 saturated carbocycles. The van der Waals surface area contributed by atoms with Crippen molar-refractivity contribution < 1.29 is 9.85 Å². The van der Waals surface area contributed by atoms with Crippen molar-refractivity contribution in [1.82, 2.24) is 0 Å². The highest BCUT2D eigenvalue weighted by molar-refractivity contribution is 6.39. The van der Waals surface area contributed by atoms with E-state index >= 15 is 0 Å². The monoisotopic (exact) mass is 408 g/mol. The van der Waals surface area contributed by atoms with Crippen molar-refractivity contribution in [2.75, 3.05) is 0 Å². The summed E-state index contributed by atoms with van der Waals surface area (Å²) in [5.74, 6) is 0. The van der Waals surface area contributed by atoms with Gasteiger partial charge in [-0.2, -0.15) is 0 Å². The molecule has 0 amide bonds. The van der Waals surface area contributed by atoms with Gasteiger partial charge in [0.05, 0.1) is 15.9 Å². The smallest absolute Gasteiger partial charge is 0.258 e. The molecule has 0 aliphatic heterocycles. The van der Waals surface area contributed by atoms with Gasteiger partial charge in [-0.3, -0.25) is 20.2 Å². The lowest BCUT2D eigenvalue weighted by atomic mass is 9.97. The van der Waals surface area contributed by atoms with E-state index in [0.717, 1.165) is 6.07 Å². The van der Waals surface area contributed by atoms with Crippen LogP contribution in [0.1, 0.15) is 16.7 Å². The van der Waals surface area contributed by atoms with Crippen LogP contribution >= 0.6 is 46.4 Å². The van der Waals surface area contributed by atoms with E-state index in [4.69, 9.17) is 46.4 Å². The highest BCUT2D eigenvalue weighted by Gasteiger charge is 2.28. The molecule has 24 heavy (non-hydrogen) atoms. The topological polar surface area (TPSA) is 86.3 Å². The lowest BCUT2D eigenvalue weighted by Gasteiger charge is -2.12. The Labute approximate surface area is 156 Å². The Bertz CT molecular complexity index is 847. The predicted octanol–water partition coefficient (Wildman–Crippen LogP) is 6.02. The molecule has 0 radical (unpaired) electrons. The van der Waals surface area contributed by atoms with Gasteiger partial charge in [-0.15, -0.1) is 0 Å². The van der Waals surface area contributed by atoms with E-state index in [1.165, 1.54) is 19.1 Å². The highest BCUT2D eigenvalue weighted by atomic mass is 35.5. The summed E-state index contributed by atoms with van der Waals surface area (Å²) in [5.41, 5.74) is -0.121. The number of halogens is 4. The van der Waals surface area contributed by atoms with Crippen molar-refractivity contribution in [3.63, 3.8) is 0 Å². The SMILES string of the molecule is Cc1c(Cl)c([N+](=O)[O-])cc([N+](=O)[O-])c1Cc1c(Cl)cc(Cl)cc1Cl. The van der Waals surface area contributed by atoms with E-state index in [2.05, 4.69) is 0 Å². The largest absolute Gasteiger partial charge is 0.295 e. The van der Waals surface area contributed by atoms with Crippen LogP contribution in [0.15, 0.2) is 18.2 Å². The van der Waals surface area contributed by atoms with Crippen LogP contribution in [0.25, 0.3) is 0 Å². The van der Waals surface area contributed by atoms with Crippen molar-refractivity contribution in [3.8, 4) is 0 Å². The zero-order valence-electron chi connectivity index (χ0n) is 12.0. The molecule has 6 nitrogen and oxygen atoms in total. The van der Waals surface area contributed by atoms with Gasteiger partial charge in [0.1, 0.15) is 5.02 Å². The first-order valence-electron chi connectivity index (χ1n) is 6.37. The minimum absolute atomic E-state index is 0.0192. The summed E-state index contributed by atoms with van der Waals surface area (Å²) in [7, 11) is 0. The average molecular weight is 410 g/mol. The summed E-state index contributed by atoms with van der Waals surface area (Å²) in [6.07, 6.45) is -0.0192. The number of nitro groups is 2. The zero-order chi connectivity index (χ0) is 18.2. The molecule has 2 rings (SSSR count). The van der Waals surface area contributed by atoms with E-state index < -0.39 is 21.2 Å². The molecular formula is C14H8Cl4N2O4. The molecule has 0 aromatic heterocycles. The van der Waals surface area contributed by atoms with Gasteiger partial charge < -0.3 is 0 Å². The van der Waals surface area contributed by atoms with Crippen molar-refractivity contribution >= 4 is 57.8 Å². The van der Waals surface area contributed by atoms with Crippen LogP contribution in [0.3, 0.4) is 0 Å². The van der Waals surface area contributed by atoms with Crippen molar-refractivity contribution in [1.29, 1.82) is 0 Å². The van der Waals surface area contributed by atoms with Gasteiger partial charge in [0.25, 0.3) is 11.4 Å². The summed E-state index contributed by atoms with van der Waals surface area (Å²) in [4.78, 5) is 20.9. The quantitative estimate of drug-likeness (QED) is 0.456. The standard InChI is InChI=1S/C14H8Cl4N2O4/c1-6-8(4-9-10(16)2-7(15)3-11(9)17)12(19(21)22)5-13(14(6)18)20(23)24/h2-3,5H,4H2,1H3. The maximum Gasteiger partial charge on any atom is 0.295 e. The van der Waals surface area contributed by atoms with E-state index in [9.17, 15) is 20.2 Å². The number of hydrogen-bond donors (Lipinski definition) is 0. The van der Waals surface area contributed by atoms with Gasteiger partial charge in [-0.25, -0.2) is 0 Å². The first-order chi connectivity index (χ1) is 11.1. The van der Waals surface area contributed by atoms with E-state index in [1.54, 1.807) is 0 Å². The first-order valence-corrected chi connectivity index (χ1v) is 7.88. The molecule has 10 heteroatoms. The first kappa shape index (κ1) is 18.7. The molecule has 0 aliphatic carbocycles. The predicted molar refractivity (Wildman–Crippen MR) is 93.8 cm³/mol. The Kier molecular flexibility index (Phi) is 5.55. The third-order valence-electron chi connectivity index (χ3n) is 3.44. The Balaban J connectivity index is 2.69. The lowest BCUT2D eigenvalue weighted by molar-refractivity contribution is -0.394. The molecular weight excluding hydrogens is 402 g/mol. The second-order valence-electron chi connectivity index (χ2n) is 4.87. The Morgan fingerprint density at radius 2 is 1.38 bits per heavy atom. The zero-order valence-corrected chi connectivity index (χ0v) is 15.0. The van der Waals surface area contributed by atoms with Crippen LogP contribution in [0, 0.1) is 27.2 Å². The number of nitrogens with zero attached hydrogens (tertiary/aromatic N) is 2. The minimum Gasteiger partial charge on any atom is -0.258 e. The summed E-state index contributed by atoms with van der Waals surface area (Å²) in [6.45, 7) is 1.47. The molecule has 126 valence electrons. The Morgan fingerprint density at radius 3 is 1.83 bits per heavy atom. The third kappa shape index (κ3) is 3.57. The molecule has 0 saturated heterocycles. The van der Waals surface area contributed by atoms with Crippen LogP contribution in [0.5, 0.6) is 0 Å². The number of nitro benzene ring substituents is 2. The molecule has 0 unspecified atom stereocenters. The van der Waals surface area contributed by atoms with E-state index in [0.29, 0.717) is 10.6 Å². The van der Waals surface area contributed by atoms with Gasteiger partial charge in [0.15, 0.2) is 0 Å². The second kappa shape index (κ2) is 7.11. The fraction of sp³-hybridized carbons (Fsp3) is 0.143. The van der Waals surface area contributed by atoms with Crippen LogP contribution in [-0.4, -0.2) is 9.85 Å². The van der Waals surface area contributed by atoms with Gasteiger partial charge in [0, 0.05) is 27.1 Å². The van der Waals surface area contributed by atoms with Crippen molar-refractivity contribution in [2.24, 2.45) is 0 Å². The summed E-state index contributed by atoms with van der Waals surface area (Å²) in [6, 6.07) is 3.75. The van der Waals surface area contributed by atoms with E-state index in [1.807, 2.05) is 0 Å². The summed E-state index contributed by atoms with van der Waals surface area (Å²) >= 11 is 24.1. The third-order valence-corrected chi connectivity index (χ3v) is 4.81. The maximum atomic E-state index is 11.3. The molecule has 2 aromatic rings. The molecule has 0 atom stereocenters. The van der Waals surface area contributed by atoms with Gasteiger partial charge in [-0.1, -0.05) is 46.4 Å². The summed E-state index contributed by atoms with van der Waals surface area (Å²) < 4.78 is 0.